The van der Waals surface area contributed by atoms with Crippen molar-refractivity contribution in [1.29, 1.82) is 0 Å². The summed E-state index contributed by atoms with van der Waals surface area (Å²) in [6.07, 6.45) is -3.98. The van der Waals surface area contributed by atoms with Gasteiger partial charge in [0.25, 0.3) is 0 Å². The van der Waals surface area contributed by atoms with Gasteiger partial charge in [-0.05, 0) is 22.6 Å². The Morgan fingerprint density at radius 3 is 2.59 bits per heavy atom. The number of hydrogen-bond acceptors (Lipinski definition) is 5. The smallest absolute Gasteiger partial charge is 0.396 e. The third-order valence-corrected chi connectivity index (χ3v) is 2.43. The predicted molar refractivity (Wildman–Crippen MR) is 58.2 cm³/mol. The molecule has 6 nitrogen and oxygen atoms in total. The third kappa shape index (κ3) is 3.39. The van der Waals surface area contributed by atoms with E-state index in [1.807, 2.05) is 0 Å². The summed E-state index contributed by atoms with van der Waals surface area (Å²) in [5.74, 6) is -0.939. The lowest BCUT2D eigenvalue weighted by Crippen LogP contribution is -2.20. The van der Waals surface area contributed by atoms with E-state index in [-0.39, 0.29) is 15.8 Å². The van der Waals surface area contributed by atoms with Crippen LogP contribution < -0.4 is 10.5 Å². The van der Waals surface area contributed by atoms with Crippen molar-refractivity contribution in [2.45, 2.75) is 12.9 Å². The van der Waals surface area contributed by atoms with Crippen LogP contribution >= 0.6 is 22.6 Å². The molecule has 1 aromatic heterocycles. The number of alkyl halides is 3. The van der Waals surface area contributed by atoms with Crippen molar-refractivity contribution in [3.63, 3.8) is 0 Å². The predicted octanol–water partition coefficient (Wildman–Crippen LogP) is 1.95. The first-order chi connectivity index (χ1) is 7.76. The van der Waals surface area contributed by atoms with Gasteiger partial charge in [0.05, 0.1) is 10.5 Å². The van der Waals surface area contributed by atoms with Crippen LogP contribution in [0.15, 0.2) is 6.20 Å². The van der Waals surface area contributed by atoms with E-state index in [0.717, 1.165) is 6.20 Å². The number of ether oxygens (including phenoxy) is 1. The van der Waals surface area contributed by atoms with Gasteiger partial charge < -0.3 is 10.5 Å². The number of nitro groups is 1. The van der Waals surface area contributed by atoms with Crippen LogP contribution in [0, 0.1) is 13.8 Å². The second-order valence-corrected chi connectivity index (χ2v) is 3.78. The first kappa shape index (κ1) is 13.9. The molecule has 1 rings (SSSR count). The first-order valence-electron chi connectivity index (χ1n) is 4.04. The molecule has 0 aliphatic heterocycles. The van der Waals surface area contributed by atoms with Crippen molar-refractivity contribution >= 4 is 28.3 Å². The number of nitrogens with zero attached hydrogens (tertiary/aromatic N) is 2. The van der Waals surface area contributed by atoms with Gasteiger partial charge in [0.15, 0.2) is 3.70 Å². The summed E-state index contributed by atoms with van der Waals surface area (Å²) in [7, 11) is 0. The van der Waals surface area contributed by atoms with E-state index in [2.05, 4.69) is 9.72 Å². The number of hydrogen-bond donors (Lipinski definition) is 1. The van der Waals surface area contributed by atoms with Crippen LogP contribution in [0.5, 0.6) is 5.75 Å². The second-order valence-electron chi connectivity index (χ2n) is 2.76. The SMILES string of the molecule is NCc1cnc(I)c(OC(F)(F)F)c1[N+](=O)[O-]. The summed E-state index contributed by atoms with van der Waals surface area (Å²) >= 11 is 1.41. The fourth-order valence-electron chi connectivity index (χ4n) is 1.05. The minimum Gasteiger partial charge on any atom is -0.396 e. The number of nitrogens with two attached hydrogens (primary N) is 1. The maximum atomic E-state index is 12.1. The van der Waals surface area contributed by atoms with Gasteiger partial charge in [-0.25, -0.2) is 4.98 Å². The van der Waals surface area contributed by atoms with Crippen LogP contribution in [0.2, 0.25) is 0 Å². The van der Waals surface area contributed by atoms with Gasteiger partial charge in [-0.1, -0.05) is 0 Å². The van der Waals surface area contributed by atoms with Gasteiger partial charge in [-0.2, -0.15) is 0 Å². The molecule has 1 aromatic rings. The highest BCUT2D eigenvalue weighted by atomic mass is 127. The van der Waals surface area contributed by atoms with Crippen LogP contribution in [0.3, 0.4) is 0 Å². The topological polar surface area (TPSA) is 91.3 Å². The maximum absolute atomic E-state index is 12.1. The molecule has 2 N–H and O–H groups in total. The molecule has 0 aromatic carbocycles. The van der Waals surface area contributed by atoms with Gasteiger partial charge in [-0.15, -0.1) is 13.2 Å². The Morgan fingerprint density at radius 1 is 1.59 bits per heavy atom. The Kier molecular flexibility index (Phi) is 4.08. The highest BCUT2D eigenvalue weighted by Crippen LogP contribution is 2.37. The van der Waals surface area contributed by atoms with Crippen molar-refractivity contribution < 1.29 is 22.8 Å². The van der Waals surface area contributed by atoms with Crippen LogP contribution in [-0.2, 0) is 6.54 Å². The molecular weight excluding hydrogens is 358 g/mol. The lowest BCUT2D eigenvalue weighted by atomic mass is 10.2. The molecule has 0 radical (unpaired) electrons. The van der Waals surface area contributed by atoms with Crippen molar-refractivity contribution in [3.8, 4) is 5.75 Å². The molecule has 0 fully saturated rings. The molecule has 0 aliphatic carbocycles. The highest BCUT2D eigenvalue weighted by molar-refractivity contribution is 14.1. The quantitative estimate of drug-likeness (QED) is 0.384. The lowest BCUT2D eigenvalue weighted by molar-refractivity contribution is -0.389. The molecule has 0 aliphatic rings. The monoisotopic (exact) mass is 363 g/mol. The molecule has 94 valence electrons. The minimum absolute atomic E-state index is 0.130. The Labute approximate surface area is 106 Å². The van der Waals surface area contributed by atoms with Crippen LogP contribution in [0.25, 0.3) is 0 Å². The Morgan fingerprint density at radius 2 is 2.18 bits per heavy atom. The molecule has 0 saturated heterocycles. The number of rotatable bonds is 3. The van der Waals surface area contributed by atoms with E-state index >= 15 is 0 Å². The molecule has 0 saturated carbocycles. The maximum Gasteiger partial charge on any atom is 0.573 e. The van der Waals surface area contributed by atoms with E-state index in [4.69, 9.17) is 5.73 Å². The molecule has 10 heteroatoms. The van der Waals surface area contributed by atoms with Gasteiger partial charge >= 0.3 is 12.0 Å². The van der Waals surface area contributed by atoms with Gasteiger partial charge in [0.1, 0.15) is 0 Å². The third-order valence-electron chi connectivity index (χ3n) is 1.66. The van der Waals surface area contributed by atoms with Gasteiger partial charge in [-0.3, -0.25) is 10.1 Å². The summed E-state index contributed by atoms with van der Waals surface area (Å²) in [4.78, 5) is 13.3. The fraction of sp³-hybridized carbons (Fsp3) is 0.286. The van der Waals surface area contributed by atoms with Crippen molar-refractivity contribution in [1.82, 2.24) is 4.98 Å². The Bertz CT molecular complexity index is 452. The molecule has 1 heterocycles. The summed E-state index contributed by atoms with van der Waals surface area (Å²) in [6, 6.07) is 0. The zero-order valence-corrected chi connectivity index (χ0v) is 10.2. The van der Waals surface area contributed by atoms with Crippen LogP contribution in [0.4, 0.5) is 18.9 Å². The van der Waals surface area contributed by atoms with Crippen molar-refractivity contribution in [2.24, 2.45) is 5.73 Å². The van der Waals surface area contributed by atoms with E-state index in [0.29, 0.717) is 0 Å². The molecule has 0 atom stereocenters. The molecular formula is C7H5F3IN3O3. The Hall–Kier alpha value is -1.17. The number of aromatic nitrogens is 1. The van der Waals surface area contributed by atoms with Gasteiger partial charge in [0.2, 0.25) is 5.75 Å². The average molecular weight is 363 g/mol. The van der Waals surface area contributed by atoms with E-state index < -0.39 is 22.7 Å². The molecule has 0 spiro atoms. The largest absolute Gasteiger partial charge is 0.573 e. The highest BCUT2D eigenvalue weighted by Gasteiger charge is 2.37. The number of pyridine rings is 1. The molecule has 0 bridgehead atoms. The van der Waals surface area contributed by atoms with Gasteiger partial charge in [0, 0.05) is 12.7 Å². The van der Waals surface area contributed by atoms with E-state index in [9.17, 15) is 23.3 Å². The first-order valence-corrected chi connectivity index (χ1v) is 5.11. The summed E-state index contributed by atoms with van der Waals surface area (Å²) < 4.78 is 39.6. The summed E-state index contributed by atoms with van der Waals surface area (Å²) in [5, 5.41) is 10.7. The average Bonchev–Trinajstić information content (AvgIpc) is 2.18. The standard InChI is InChI=1S/C7H5F3IN3O3/c8-7(9,10)17-5-4(14(15)16)3(1-12)2-13-6(5)11/h2H,1,12H2. The zero-order valence-electron chi connectivity index (χ0n) is 7.99. The Balaban J connectivity index is 3.39. The molecule has 0 amide bonds. The van der Waals surface area contributed by atoms with Crippen LogP contribution in [-0.4, -0.2) is 16.3 Å². The minimum atomic E-state index is -5.03. The van der Waals surface area contributed by atoms with Crippen molar-refractivity contribution in [3.05, 3.63) is 25.6 Å². The van der Waals surface area contributed by atoms with Crippen molar-refractivity contribution in [2.75, 3.05) is 0 Å². The molecule has 17 heavy (non-hydrogen) atoms. The van der Waals surface area contributed by atoms with E-state index in [1.165, 1.54) is 22.6 Å². The summed E-state index contributed by atoms with van der Waals surface area (Å²) in [5.41, 5.74) is 4.24. The lowest BCUT2D eigenvalue weighted by Gasteiger charge is -2.11. The summed E-state index contributed by atoms with van der Waals surface area (Å²) in [6.45, 7) is -0.311. The second kappa shape index (κ2) is 5.00. The molecule has 0 unspecified atom stereocenters. The normalized spacial score (nSPS) is 11.4. The van der Waals surface area contributed by atoms with E-state index in [1.54, 1.807) is 0 Å². The zero-order chi connectivity index (χ0) is 13.2. The fourth-order valence-corrected chi connectivity index (χ4v) is 1.56. The van der Waals surface area contributed by atoms with Crippen LogP contribution in [0.1, 0.15) is 5.56 Å². The number of halogens is 4.